The van der Waals surface area contributed by atoms with E-state index in [1.807, 2.05) is 18.2 Å². The van der Waals surface area contributed by atoms with Gasteiger partial charge in [0, 0.05) is 25.4 Å². The van der Waals surface area contributed by atoms with Gasteiger partial charge < -0.3 is 9.64 Å². The molecule has 0 radical (unpaired) electrons. The lowest BCUT2D eigenvalue weighted by Gasteiger charge is -2.32. The van der Waals surface area contributed by atoms with Gasteiger partial charge in [0.25, 0.3) is 5.91 Å². The minimum Gasteiger partial charge on any atom is -0.479 e. The number of para-hydroxylation sites is 2. The van der Waals surface area contributed by atoms with Gasteiger partial charge in [-0.1, -0.05) is 12.1 Å². The Morgan fingerprint density at radius 3 is 2.78 bits per heavy atom. The van der Waals surface area contributed by atoms with E-state index in [0.29, 0.717) is 11.4 Å². The Balaban J connectivity index is 1.67. The van der Waals surface area contributed by atoms with Gasteiger partial charge >= 0.3 is 0 Å². The molecule has 1 atom stereocenters. The second-order valence-corrected chi connectivity index (χ2v) is 5.09. The molecule has 118 valence electrons. The normalized spacial score (nSPS) is 16.5. The topological polar surface area (TPSA) is 84.4 Å². The van der Waals surface area contributed by atoms with Crippen molar-refractivity contribution >= 4 is 23.5 Å². The quantitative estimate of drug-likeness (QED) is 0.927. The van der Waals surface area contributed by atoms with E-state index in [4.69, 9.17) is 4.74 Å². The predicted octanol–water partition coefficient (Wildman–Crippen LogP) is 1.62. The van der Waals surface area contributed by atoms with E-state index in [1.165, 1.54) is 0 Å². The van der Waals surface area contributed by atoms with Gasteiger partial charge in [-0.15, -0.1) is 0 Å². The molecule has 0 bridgehead atoms. The van der Waals surface area contributed by atoms with Crippen molar-refractivity contribution in [3.05, 3.63) is 42.7 Å². The van der Waals surface area contributed by atoms with E-state index in [0.717, 1.165) is 0 Å². The molecule has 0 spiro atoms. The first-order valence-corrected chi connectivity index (χ1v) is 7.29. The fourth-order valence-corrected chi connectivity index (χ4v) is 2.35. The van der Waals surface area contributed by atoms with Crippen LogP contribution < -0.4 is 15.0 Å². The molecule has 7 heteroatoms. The van der Waals surface area contributed by atoms with Crippen molar-refractivity contribution in [2.24, 2.45) is 0 Å². The largest absolute Gasteiger partial charge is 0.479 e. The smallest absolute Gasteiger partial charge is 0.267 e. The summed E-state index contributed by atoms with van der Waals surface area (Å²) in [6.45, 7) is 1.96. The Morgan fingerprint density at radius 2 is 2.00 bits per heavy atom. The molecule has 23 heavy (non-hydrogen) atoms. The summed E-state index contributed by atoms with van der Waals surface area (Å²) in [7, 11) is 0. The van der Waals surface area contributed by atoms with Crippen molar-refractivity contribution in [2.45, 2.75) is 19.4 Å². The van der Waals surface area contributed by atoms with Crippen LogP contribution >= 0.6 is 0 Å². The highest BCUT2D eigenvalue weighted by Gasteiger charge is 2.31. The molecule has 1 aromatic heterocycles. The molecule has 2 heterocycles. The molecule has 1 aliphatic heterocycles. The number of ether oxygens (including phenoxy) is 1. The van der Waals surface area contributed by atoms with Crippen molar-refractivity contribution in [1.29, 1.82) is 0 Å². The molecule has 2 amide bonds. The number of carbonyl (C=O) groups is 2. The molecule has 1 aliphatic rings. The Hall–Kier alpha value is -2.96. The molecule has 2 aromatic rings. The van der Waals surface area contributed by atoms with Gasteiger partial charge in [-0.05, 0) is 25.1 Å². The van der Waals surface area contributed by atoms with Crippen LogP contribution in [0.4, 0.5) is 11.6 Å². The summed E-state index contributed by atoms with van der Waals surface area (Å²) in [5.74, 6) is 0.485. The zero-order chi connectivity index (χ0) is 16.2. The molecule has 0 saturated carbocycles. The first kappa shape index (κ1) is 15.0. The summed E-state index contributed by atoms with van der Waals surface area (Å²) in [5, 5.41) is 2.60. The monoisotopic (exact) mass is 312 g/mol. The number of rotatable bonds is 4. The van der Waals surface area contributed by atoms with Crippen LogP contribution in [0.15, 0.2) is 42.7 Å². The third-order valence-electron chi connectivity index (χ3n) is 3.45. The summed E-state index contributed by atoms with van der Waals surface area (Å²) in [6.07, 6.45) is 2.67. The standard InChI is InChI=1S/C16H16N4O3/c1-11-15(22)20(12-5-2-3-6-13(12)23-11)10-7-14(21)19-16-17-8-4-9-18-16/h2-6,8-9,11H,7,10H2,1H3,(H,17,18,19,21). The second-order valence-electron chi connectivity index (χ2n) is 5.09. The van der Waals surface area contributed by atoms with E-state index in [1.54, 1.807) is 36.4 Å². The van der Waals surface area contributed by atoms with Gasteiger partial charge in [0.05, 0.1) is 5.69 Å². The molecule has 1 N–H and O–H groups in total. The van der Waals surface area contributed by atoms with E-state index in [9.17, 15) is 9.59 Å². The third-order valence-corrected chi connectivity index (χ3v) is 3.45. The number of hydrogen-bond donors (Lipinski definition) is 1. The zero-order valence-corrected chi connectivity index (χ0v) is 12.6. The van der Waals surface area contributed by atoms with E-state index in [-0.39, 0.29) is 30.7 Å². The Morgan fingerprint density at radius 1 is 1.26 bits per heavy atom. The number of carbonyl (C=O) groups excluding carboxylic acids is 2. The Bertz CT molecular complexity index is 720. The molecule has 3 rings (SSSR count). The fraction of sp³-hybridized carbons (Fsp3) is 0.250. The summed E-state index contributed by atoms with van der Waals surface area (Å²) < 4.78 is 5.56. The maximum Gasteiger partial charge on any atom is 0.267 e. The fourth-order valence-electron chi connectivity index (χ4n) is 2.35. The van der Waals surface area contributed by atoms with Crippen molar-refractivity contribution in [1.82, 2.24) is 9.97 Å². The highest BCUT2D eigenvalue weighted by atomic mass is 16.5. The number of nitrogens with zero attached hydrogens (tertiary/aromatic N) is 3. The summed E-state index contributed by atoms with van der Waals surface area (Å²) in [4.78, 5) is 33.7. The van der Waals surface area contributed by atoms with E-state index in [2.05, 4.69) is 15.3 Å². The summed E-state index contributed by atoms with van der Waals surface area (Å²) in [5.41, 5.74) is 0.680. The van der Waals surface area contributed by atoms with Crippen LogP contribution in [0, 0.1) is 0 Å². The lowest BCUT2D eigenvalue weighted by Crippen LogP contribution is -2.45. The molecule has 1 unspecified atom stereocenters. The van der Waals surface area contributed by atoms with Gasteiger partial charge in [0.15, 0.2) is 6.10 Å². The number of aromatic nitrogens is 2. The maximum absolute atomic E-state index is 12.3. The first-order valence-electron chi connectivity index (χ1n) is 7.29. The lowest BCUT2D eigenvalue weighted by molar-refractivity contribution is -0.125. The van der Waals surface area contributed by atoms with Crippen LogP contribution in [0.2, 0.25) is 0 Å². The molecule has 0 fully saturated rings. The van der Waals surface area contributed by atoms with E-state index >= 15 is 0 Å². The first-order chi connectivity index (χ1) is 11.1. The predicted molar refractivity (Wildman–Crippen MR) is 84.2 cm³/mol. The molecule has 7 nitrogen and oxygen atoms in total. The number of amides is 2. The zero-order valence-electron chi connectivity index (χ0n) is 12.6. The van der Waals surface area contributed by atoms with Gasteiger partial charge in [0.1, 0.15) is 5.75 Å². The average molecular weight is 312 g/mol. The van der Waals surface area contributed by atoms with Crippen LogP contribution in [0.5, 0.6) is 5.75 Å². The van der Waals surface area contributed by atoms with Gasteiger partial charge in [-0.3, -0.25) is 14.9 Å². The van der Waals surface area contributed by atoms with E-state index < -0.39 is 6.10 Å². The Labute approximate surface area is 133 Å². The van der Waals surface area contributed by atoms with Gasteiger partial charge in [0.2, 0.25) is 11.9 Å². The minimum atomic E-state index is -0.564. The molecule has 0 saturated heterocycles. The van der Waals surface area contributed by atoms with Crippen LogP contribution in [0.1, 0.15) is 13.3 Å². The highest BCUT2D eigenvalue weighted by Crippen LogP contribution is 2.33. The minimum absolute atomic E-state index is 0.144. The maximum atomic E-state index is 12.3. The molecule has 1 aromatic carbocycles. The summed E-state index contributed by atoms with van der Waals surface area (Å²) in [6, 6.07) is 8.95. The molecular weight excluding hydrogens is 296 g/mol. The SMILES string of the molecule is CC1Oc2ccccc2N(CCC(=O)Nc2ncccn2)C1=O. The van der Waals surface area contributed by atoms with Crippen molar-refractivity contribution in [3.63, 3.8) is 0 Å². The van der Waals surface area contributed by atoms with Gasteiger partial charge in [-0.2, -0.15) is 0 Å². The second kappa shape index (κ2) is 6.43. The van der Waals surface area contributed by atoms with Crippen LogP contribution in [0.3, 0.4) is 0 Å². The highest BCUT2D eigenvalue weighted by molar-refractivity contribution is 6.00. The molecule has 0 aliphatic carbocycles. The summed E-state index contributed by atoms with van der Waals surface area (Å²) >= 11 is 0. The third kappa shape index (κ3) is 3.28. The lowest BCUT2D eigenvalue weighted by atomic mass is 10.1. The van der Waals surface area contributed by atoms with Crippen molar-refractivity contribution in [3.8, 4) is 5.75 Å². The van der Waals surface area contributed by atoms with Crippen LogP contribution in [-0.2, 0) is 9.59 Å². The molecular formula is C16H16N4O3. The number of hydrogen-bond acceptors (Lipinski definition) is 5. The van der Waals surface area contributed by atoms with Crippen LogP contribution in [0.25, 0.3) is 0 Å². The average Bonchev–Trinajstić information content (AvgIpc) is 2.56. The van der Waals surface area contributed by atoms with Crippen LogP contribution in [-0.4, -0.2) is 34.4 Å². The number of benzene rings is 1. The number of nitrogens with one attached hydrogen (secondary N) is 1. The number of anilines is 2. The van der Waals surface area contributed by atoms with Gasteiger partial charge in [-0.25, -0.2) is 9.97 Å². The van der Waals surface area contributed by atoms with Crippen molar-refractivity contribution in [2.75, 3.05) is 16.8 Å². The van der Waals surface area contributed by atoms with Crippen molar-refractivity contribution < 1.29 is 14.3 Å². The number of fused-ring (bicyclic) bond motifs is 1. The Kier molecular flexibility index (Phi) is 4.18.